The number of amides is 1. The van der Waals surface area contributed by atoms with E-state index in [2.05, 4.69) is 5.32 Å². The van der Waals surface area contributed by atoms with Crippen molar-refractivity contribution in [2.75, 3.05) is 0 Å². The van der Waals surface area contributed by atoms with Gasteiger partial charge < -0.3 is 5.32 Å². The Labute approximate surface area is 113 Å². The fraction of sp³-hybridized carbons (Fsp3) is 0.500. The summed E-state index contributed by atoms with van der Waals surface area (Å²) in [6.45, 7) is -0.0771. The van der Waals surface area contributed by atoms with Gasteiger partial charge in [-0.3, -0.25) is 4.79 Å². The van der Waals surface area contributed by atoms with Crippen LogP contribution in [0, 0.1) is 17.2 Å². The second kappa shape index (κ2) is 4.20. The zero-order valence-electron chi connectivity index (χ0n) is 10.6. The van der Waals surface area contributed by atoms with Crippen LogP contribution in [-0.2, 0) is 17.5 Å². The molecule has 1 amide bonds. The first-order valence-corrected chi connectivity index (χ1v) is 6.45. The second-order valence-electron chi connectivity index (χ2n) is 5.68. The Morgan fingerprint density at radius 2 is 2.00 bits per heavy atom. The molecule has 1 aromatic rings. The summed E-state index contributed by atoms with van der Waals surface area (Å²) < 4.78 is 50.8. The number of carbonyl (C=O) groups is 1. The molecular formula is C14H13F4NO. The maximum absolute atomic E-state index is 13.2. The van der Waals surface area contributed by atoms with Crippen molar-refractivity contribution in [2.24, 2.45) is 11.3 Å². The van der Waals surface area contributed by atoms with Crippen LogP contribution < -0.4 is 5.32 Å². The predicted molar refractivity (Wildman–Crippen MR) is 63.0 cm³/mol. The zero-order chi connectivity index (χ0) is 14.5. The number of benzene rings is 1. The van der Waals surface area contributed by atoms with Gasteiger partial charge in [0, 0.05) is 12.5 Å². The van der Waals surface area contributed by atoms with E-state index in [0.717, 1.165) is 31.4 Å². The Balaban J connectivity index is 1.65. The number of carbonyl (C=O) groups excluding carboxylic acids is 1. The molecule has 0 saturated heterocycles. The van der Waals surface area contributed by atoms with E-state index in [-0.39, 0.29) is 29.3 Å². The van der Waals surface area contributed by atoms with Crippen LogP contribution in [0.2, 0.25) is 0 Å². The zero-order valence-corrected chi connectivity index (χ0v) is 10.6. The molecule has 0 radical (unpaired) electrons. The Kier molecular flexibility index (Phi) is 2.81. The summed E-state index contributed by atoms with van der Waals surface area (Å²) in [5.74, 6) is -1.09. The van der Waals surface area contributed by atoms with Crippen molar-refractivity contribution < 1.29 is 22.4 Å². The van der Waals surface area contributed by atoms with E-state index >= 15 is 0 Å². The third-order valence-electron chi connectivity index (χ3n) is 4.15. The molecule has 0 aliphatic heterocycles. The predicted octanol–water partition coefficient (Wildman–Crippen LogP) is 3.26. The second-order valence-corrected chi connectivity index (χ2v) is 5.68. The van der Waals surface area contributed by atoms with Crippen LogP contribution in [0.15, 0.2) is 18.2 Å². The van der Waals surface area contributed by atoms with E-state index in [4.69, 9.17) is 0 Å². The molecule has 1 N–H and O–H groups in total. The number of rotatable bonds is 3. The molecular weight excluding hydrogens is 274 g/mol. The standard InChI is InChI=1S/C14H13F4NO/c15-10-4-8(3-9(5-10)14(16,17)18)7-19-12(20)11-6-13(11)1-2-13/h3-5,11H,1-2,6-7H2,(H,19,20)/t11-/m1/s1. The quantitative estimate of drug-likeness (QED) is 0.849. The average Bonchev–Trinajstić information content (AvgIpc) is 3.25. The van der Waals surface area contributed by atoms with Crippen LogP contribution in [0.3, 0.4) is 0 Å². The highest BCUT2D eigenvalue weighted by molar-refractivity contribution is 5.83. The van der Waals surface area contributed by atoms with Crippen molar-refractivity contribution in [2.45, 2.75) is 32.0 Å². The van der Waals surface area contributed by atoms with Gasteiger partial charge in [-0.2, -0.15) is 13.2 Å². The minimum atomic E-state index is -4.59. The Morgan fingerprint density at radius 3 is 2.55 bits per heavy atom. The molecule has 0 heterocycles. The lowest BCUT2D eigenvalue weighted by atomic mass is 10.1. The van der Waals surface area contributed by atoms with Crippen molar-refractivity contribution in [3.63, 3.8) is 0 Å². The first-order chi connectivity index (χ1) is 9.30. The van der Waals surface area contributed by atoms with Gasteiger partial charge in [-0.1, -0.05) is 0 Å². The minimum absolute atomic E-state index is 0.00172. The van der Waals surface area contributed by atoms with Crippen LogP contribution in [0.25, 0.3) is 0 Å². The maximum atomic E-state index is 13.2. The highest BCUT2D eigenvalue weighted by atomic mass is 19.4. The van der Waals surface area contributed by atoms with E-state index in [1.54, 1.807) is 0 Å². The molecule has 1 aromatic carbocycles. The molecule has 6 heteroatoms. The van der Waals surface area contributed by atoms with E-state index in [0.29, 0.717) is 6.07 Å². The molecule has 0 aromatic heterocycles. The van der Waals surface area contributed by atoms with Gasteiger partial charge in [0.25, 0.3) is 0 Å². The summed E-state index contributed by atoms with van der Waals surface area (Å²) in [5.41, 5.74) is -0.716. The van der Waals surface area contributed by atoms with Crippen molar-refractivity contribution in [3.8, 4) is 0 Å². The number of hydrogen-bond donors (Lipinski definition) is 1. The molecule has 2 saturated carbocycles. The fourth-order valence-electron chi connectivity index (χ4n) is 2.66. The Hall–Kier alpha value is -1.59. The highest BCUT2D eigenvalue weighted by Crippen LogP contribution is 2.70. The summed E-state index contributed by atoms with van der Waals surface area (Å²) in [5, 5.41) is 2.59. The number of hydrogen-bond acceptors (Lipinski definition) is 1. The van der Waals surface area contributed by atoms with Crippen molar-refractivity contribution in [3.05, 3.63) is 35.1 Å². The summed E-state index contributed by atoms with van der Waals surface area (Å²) in [4.78, 5) is 11.8. The van der Waals surface area contributed by atoms with Crippen molar-refractivity contribution in [1.29, 1.82) is 0 Å². The van der Waals surface area contributed by atoms with Crippen LogP contribution in [-0.4, -0.2) is 5.91 Å². The lowest BCUT2D eigenvalue weighted by molar-refractivity contribution is -0.137. The van der Waals surface area contributed by atoms with Gasteiger partial charge in [-0.05, 0) is 48.4 Å². The first-order valence-electron chi connectivity index (χ1n) is 6.45. The van der Waals surface area contributed by atoms with Gasteiger partial charge in [-0.15, -0.1) is 0 Å². The minimum Gasteiger partial charge on any atom is -0.352 e. The van der Waals surface area contributed by atoms with Gasteiger partial charge in [0.05, 0.1) is 5.56 Å². The molecule has 2 fully saturated rings. The molecule has 1 spiro atoms. The molecule has 0 unspecified atom stereocenters. The lowest BCUT2D eigenvalue weighted by Crippen LogP contribution is -2.25. The Morgan fingerprint density at radius 1 is 1.30 bits per heavy atom. The van der Waals surface area contributed by atoms with Crippen LogP contribution in [0.1, 0.15) is 30.4 Å². The number of halogens is 4. The third-order valence-corrected chi connectivity index (χ3v) is 4.15. The molecule has 20 heavy (non-hydrogen) atoms. The summed E-state index contributed by atoms with van der Waals surface area (Å²) in [6.07, 6.45) is -1.60. The van der Waals surface area contributed by atoms with Gasteiger partial charge in [0.2, 0.25) is 5.91 Å². The van der Waals surface area contributed by atoms with Crippen LogP contribution >= 0.6 is 0 Å². The van der Waals surface area contributed by atoms with Crippen molar-refractivity contribution in [1.82, 2.24) is 5.32 Å². The van der Waals surface area contributed by atoms with Crippen LogP contribution in [0.4, 0.5) is 17.6 Å². The molecule has 0 bridgehead atoms. The molecule has 108 valence electrons. The lowest BCUT2D eigenvalue weighted by Gasteiger charge is -2.10. The monoisotopic (exact) mass is 287 g/mol. The molecule has 3 rings (SSSR count). The van der Waals surface area contributed by atoms with E-state index < -0.39 is 17.6 Å². The van der Waals surface area contributed by atoms with E-state index in [9.17, 15) is 22.4 Å². The number of alkyl halides is 3. The Bertz CT molecular complexity index is 563. The van der Waals surface area contributed by atoms with Crippen LogP contribution in [0.5, 0.6) is 0 Å². The summed E-state index contributed by atoms with van der Waals surface area (Å²) in [6, 6.07) is 2.32. The average molecular weight is 287 g/mol. The third kappa shape index (κ3) is 2.51. The van der Waals surface area contributed by atoms with Gasteiger partial charge in [-0.25, -0.2) is 4.39 Å². The fourth-order valence-corrected chi connectivity index (χ4v) is 2.66. The first kappa shape index (κ1) is 13.4. The largest absolute Gasteiger partial charge is 0.416 e. The van der Waals surface area contributed by atoms with Gasteiger partial charge in [0.15, 0.2) is 0 Å². The van der Waals surface area contributed by atoms with E-state index in [1.807, 2.05) is 0 Å². The smallest absolute Gasteiger partial charge is 0.352 e. The topological polar surface area (TPSA) is 29.1 Å². The van der Waals surface area contributed by atoms with Gasteiger partial charge in [0.1, 0.15) is 5.82 Å². The highest BCUT2D eigenvalue weighted by Gasteiger charge is 2.65. The van der Waals surface area contributed by atoms with Gasteiger partial charge >= 0.3 is 6.18 Å². The summed E-state index contributed by atoms with van der Waals surface area (Å²) >= 11 is 0. The number of nitrogens with one attached hydrogen (secondary N) is 1. The normalized spacial score (nSPS) is 22.7. The molecule has 2 aliphatic carbocycles. The molecule has 2 nitrogen and oxygen atoms in total. The van der Waals surface area contributed by atoms with Crippen molar-refractivity contribution >= 4 is 5.91 Å². The molecule has 2 aliphatic rings. The maximum Gasteiger partial charge on any atom is 0.416 e. The SMILES string of the molecule is O=C(NCc1cc(F)cc(C(F)(F)F)c1)[C@H]1CC12CC2. The van der Waals surface area contributed by atoms with E-state index in [1.165, 1.54) is 0 Å². The summed E-state index contributed by atoms with van der Waals surface area (Å²) in [7, 11) is 0. The molecule has 1 atom stereocenters.